The van der Waals surface area contributed by atoms with Crippen molar-refractivity contribution in [2.75, 3.05) is 6.54 Å². The summed E-state index contributed by atoms with van der Waals surface area (Å²) in [4.78, 5) is 41.7. The lowest BCUT2D eigenvalue weighted by Crippen LogP contribution is -2.31. The van der Waals surface area contributed by atoms with Crippen LogP contribution in [0.5, 0.6) is 0 Å². The first-order chi connectivity index (χ1) is 17.3. The van der Waals surface area contributed by atoms with E-state index in [0.29, 0.717) is 17.5 Å². The highest BCUT2D eigenvalue weighted by Gasteiger charge is 2.46. The van der Waals surface area contributed by atoms with Gasteiger partial charge in [0.2, 0.25) is 0 Å². The summed E-state index contributed by atoms with van der Waals surface area (Å²) >= 11 is 3.35. The van der Waals surface area contributed by atoms with Crippen molar-refractivity contribution in [2.24, 2.45) is 0 Å². The predicted molar refractivity (Wildman–Crippen MR) is 138 cm³/mol. The molecule has 1 amide bonds. The molecule has 4 aromatic rings. The van der Waals surface area contributed by atoms with Gasteiger partial charge in [-0.25, -0.2) is 0 Å². The van der Waals surface area contributed by atoms with Gasteiger partial charge < -0.3 is 15.0 Å². The van der Waals surface area contributed by atoms with Gasteiger partial charge in [0.15, 0.2) is 0 Å². The maximum absolute atomic E-state index is 13.2. The zero-order chi connectivity index (χ0) is 25.4. The summed E-state index contributed by atoms with van der Waals surface area (Å²) in [6.45, 7) is 0.213. The van der Waals surface area contributed by atoms with Gasteiger partial charge in [-0.05, 0) is 47.9 Å². The molecule has 0 radical (unpaired) electrons. The molecule has 2 heterocycles. The largest absolute Gasteiger partial charge is 0.507 e. The molecular formula is C27H20BrN3O5. The van der Waals surface area contributed by atoms with E-state index in [1.54, 1.807) is 24.3 Å². The van der Waals surface area contributed by atoms with Gasteiger partial charge in [-0.15, -0.1) is 0 Å². The molecule has 1 fully saturated rings. The predicted octanol–water partition coefficient (Wildman–Crippen LogP) is 5.50. The number of likely N-dealkylation sites (tertiary alicyclic amines) is 1. The fraction of sp³-hybridized carbons (Fsp3) is 0.111. The molecule has 0 spiro atoms. The number of fused-ring (bicyclic) bond motifs is 1. The van der Waals surface area contributed by atoms with E-state index in [-0.39, 0.29) is 23.6 Å². The van der Waals surface area contributed by atoms with Gasteiger partial charge in [-0.2, -0.15) is 0 Å². The second-order valence-corrected chi connectivity index (χ2v) is 9.37. The Labute approximate surface area is 214 Å². The Balaban J connectivity index is 1.57. The van der Waals surface area contributed by atoms with E-state index in [1.165, 1.54) is 29.2 Å². The van der Waals surface area contributed by atoms with Crippen molar-refractivity contribution in [1.29, 1.82) is 0 Å². The van der Waals surface area contributed by atoms with Gasteiger partial charge in [-0.3, -0.25) is 19.7 Å². The Kier molecular flexibility index (Phi) is 6.15. The van der Waals surface area contributed by atoms with Gasteiger partial charge in [0.1, 0.15) is 5.76 Å². The monoisotopic (exact) mass is 545 g/mol. The Morgan fingerprint density at radius 1 is 1.03 bits per heavy atom. The normalized spacial score (nSPS) is 17.1. The number of aliphatic hydroxyl groups excluding tert-OH is 1. The fourth-order valence-electron chi connectivity index (χ4n) is 4.58. The number of carbonyl (C=O) groups excluding carboxylic acids is 2. The van der Waals surface area contributed by atoms with E-state index in [1.807, 2.05) is 30.5 Å². The molecule has 2 N–H and O–H groups in total. The third kappa shape index (κ3) is 4.18. The van der Waals surface area contributed by atoms with Gasteiger partial charge in [-0.1, -0.05) is 46.3 Å². The number of aromatic amines is 1. The number of hydrogen-bond acceptors (Lipinski definition) is 5. The molecule has 3 aromatic carbocycles. The van der Waals surface area contributed by atoms with Crippen LogP contribution in [0.15, 0.2) is 89.0 Å². The van der Waals surface area contributed by atoms with Crippen molar-refractivity contribution in [3.05, 3.63) is 116 Å². The molecule has 180 valence electrons. The van der Waals surface area contributed by atoms with Crippen molar-refractivity contribution < 1.29 is 19.6 Å². The highest BCUT2D eigenvalue weighted by Crippen LogP contribution is 2.40. The van der Waals surface area contributed by atoms with E-state index in [9.17, 15) is 24.8 Å². The van der Waals surface area contributed by atoms with Crippen LogP contribution in [-0.2, 0) is 16.0 Å². The molecule has 0 aliphatic carbocycles. The number of aliphatic hydroxyl groups is 1. The molecule has 0 saturated carbocycles. The van der Waals surface area contributed by atoms with Crippen LogP contribution in [0.3, 0.4) is 0 Å². The fourth-order valence-corrected chi connectivity index (χ4v) is 4.84. The minimum Gasteiger partial charge on any atom is -0.507 e. The number of nitro groups is 1. The Hall–Kier alpha value is -4.24. The third-order valence-electron chi connectivity index (χ3n) is 6.37. The summed E-state index contributed by atoms with van der Waals surface area (Å²) in [7, 11) is 0. The number of aromatic nitrogens is 1. The molecule has 9 heteroatoms. The van der Waals surface area contributed by atoms with Crippen LogP contribution in [0, 0.1) is 10.1 Å². The Bertz CT molecular complexity index is 1520. The second-order valence-electron chi connectivity index (χ2n) is 8.46. The van der Waals surface area contributed by atoms with E-state index < -0.39 is 22.7 Å². The summed E-state index contributed by atoms with van der Waals surface area (Å²) in [6.07, 6.45) is 2.35. The highest BCUT2D eigenvalue weighted by molar-refractivity contribution is 9.10. The average molecular weight is 546 g/mol. The highest BCUT2D eigenvalue weighted by atomic mass is 79.9. The number of carbonyl (C=O) groups is 2. The summed E-state index contributed by atoms with van der Waals surface area (Å²) in [5, 5.41) is 23.3. The van der Waals surface area contributed by atoms with Crippen molar-refractivity contribution >= 4 is 50.0 Å². The van der Waals surface area contributed by atoms with Crippen LogP contribution >= 0.6 is 15.9 Å². The zero-order valence-corrected chi connectivity index (χ0v) is 20.4. The number of hydrogen-bond donors (Lipinski definition) is 2. The number of nitrogens with one attached hydrogen (secondary N) is 1. The third-order valence-corrected chi connectivity index (χ3v) is 6.90. The lowest BCUT2D eigenvalue weighted by Gasteiger charge is -2.25. The van der Waals surface area contributed by atoms with Gasteiger partial charge in [0, 0.05) is 45.8 Å². The van der Waals surface area contributed by atoms with E-state index in [2.05, 4.69) is 20.9 Å². The Morgan fingerprint density at radius 2 is 1.72 bits per heavy atom. The van der Waals surface area contributed by atoms with Crippen LogP contribution in [-0.4, -0.2) is 38.1 Å². The van der Waals surface area contributed by atoms with Crippen molar-refractivity contribution in [3.63, 3.8) is 0 Å². The number of para-hydroxylation sites is 1. The van der Waals surface area contributed by atoms with E-state index in [4.69, 9.17) is 0 Å². The standard InChI is InChI=1S/C27H20BrN3O5/c28-19-9-5-17(6-10-19)25(32)23-24(16-7-11-20(12-8-16)31(35)36)30(27(34)26(23)33)14-13-18-15-29-22-4-2-1-3-21(18)22/h1-12,15,24,29,32H,13-14H2/b25-23-. The van der Waals surface area contributed by atoms with E-state index >= 15 is 0 Å². The Morgan fingerprint density at radius 3 is 2.42 bits per heavy atom. The first kappa shape index (κ1) is 23.5. The van der Waals surface area contributed by atoms with Crippen molar-refractivity contribution in [1.82, 2.24) is 9.88 Å². The molecule has 1 aromatic heterocycles. The quantitative estimate of drug-likeness (QED) is 0.109. The van der Waals surface area contributed by atoms with Crippen molar-refractivity contribution in [3.8, 4) is 0 Å². The SMILES string of the molecule is O=C1C(=O)N(CCc2c[nH]c3ccccc23)C(c2ccc([N+](=O)[O-])cc2)/C1=C(/O)c1ccc(Br)cc1. The molecular weight excluding hydrogens is 526 g/mol. The molecule has 1 atom stereocenters. The van der Waals surface area contributed by atoms with E-state index in [0.717, 1.165) is 20.9 Å². The van der Waals surface area contributed by atoms with Gasteiger partial charge in [0.25, 0.3) is 17.4 Å². The van der Waals surface area contributed by atoms with Crippen LogP contribution in [0.4, 0.5) is 5.69 Å². The summed E-state index contributed by atoms with van der Waals surface area (Å²) in [6, 6.07) is 19.3. The summed E-state index contributed by atoms with van der Waals surface area (Å²) in [5.74, 6) is -1.81. The summed E-state index contributed by atoms with van der Waals surface area (Å²) in [5.41, 5.74) is 2.69. The maximum Gasteiger partial charge on any atom is 0.295 e. The molecule has 1 saturated heterocycles. The number of rotatable bonds is 6. The first-order valence-electron chi connectivity index (χ1n) is 11.2. The molecule has 1 unspecified atom stereocenters. The van der Waals surface area contributed by atoms with Crippen LogP contribution in [0.1, 0.15) is 22.7 Å². The molecule has 8 nitrogen and oxygen atoms in total. The van der Waals surface area contributed by atoms with Crippen molar-refractivity contribution in [2.45, 2.75) is 12.5 Å². The number of ketones is 1. The second kappa shape index (κ2) is 9.43. The number of nitrogens with zero attached hydrogens (tertiary/aromatic N) is 2. The molecule has 36 heavy (non-hydrogen) atoms. The van der Waals surface area contributed by atoms with Crippen LogP contribution in [0.25, 0.3) is 16.7 Å². The summed E-state index contributed by atoms with van der Waals surface area (Å²) < 4.78 is 0.796. The molecule has 5 rings (SSSR count). The number of Topliss-reactive ketones (excluding diaryl/α,β-unsaturated/α-hetero) is 1. The lowest BCUT2D eigenvalue weighted by atomic mass is 9.95. The number of halogens is 1. The number of benzene rings is 3. The topological polar surface area (TPSA) is 117 Å². The minimum atomic E-state index is -0.889. The molecule has 1 aliphatic rings. The number of nitro benzene ring substituents is 1. The molecule has 1 aliphatic heterocycles. The van der Waals surface area contributed by atoms with Gasteiger partial charge in [0.05, 0.1) is 16.5 Å². The maximum atomic E-state index is 13.2. The zero-order valence-electron chi connectivity index (χ0n) is 18.8. The number of non-ortho nitro benzene ring substituents is 1. The average Bonchev–Trinajstić information content (AvgIpc) is 3.41. The number of H-pyrrole nitrogens is 1. The van der Waals surface area contributed by atoms with Crippen LogP contribution < -0.4 is 0 Å². The lowest BCUT2D eigenvalue weighted by molar-refractivity contribution is -0.384. The molecule has 0 bridgehead atoms. The minimum absolute atomic E-state index is 0.0462. The number of amides is 1. The van der Waals surface area contributed by atoms with Crippen LogP contribution in [0.2, 0.25) is 0 Å². The van der Waals surface area contributed by atoms with Gasteiger partial charge >= 0.3 is 0 Å². The first-order valence-corrected chi connectivity index (χ1v) is 12.0. The smallest absolute Gasteiger partial charge is 0.295 e.